The zero-order valence-electron chi connectivity index (χ0n) is 18.8. The molecule has 0 heterocycles. The van der Waals surface area contributed by atoms with Crippen LogP contribution in [-0.2, 0) is 29.0 Å². The van der Waals surface area contributed by atoms with E-state index in [2.05, 4.69) is 0 Å². The molecule has 1 rings (SSSR count). The van der Waals surface area contributed by atoms with Crippen molar-refractivity contribution in [1.29, 1.82) is 10.5 Å². The van der Waals surface area contributed by atoms with Crippen molar-refractivity contribution in [3.05, 3.63) is 29.3 Å². The molecule has 0 aliphatic carbocycles. The van der Waals surface area contributed by atoms with Crippen LogP contribution in [0.1, 0.15) is 24.5 Å². The molecule has 32 heavy (non-hydrogen) atoms. The number of rotatable bonds is 17. The van der Waals surface area contributed by atoms with Gasteiger partial charge in [0.1, 0.15) is 16.7 Å². The summed E-state index contributed by atoms with van der Waals surface area (Å²) in [7, 11) is -0.626. The Morgan fingerprint density at radius 1 is 0.969 bits per heavy atom. The second-order valence-corrected chi connectivity index (χ2v) is 10.2. The van der Waals surface area contributed by atoms with Crippen molar-refractivity contribution in [3.8, 4) is 12.1 Å². The van der Waals surface area contributed by atoms with E-state index in [4.69, 9.17) is 18.9 Å². The summed E-state index contributed by atoms with van der Waals surface area (Å²) in [4.78, 5) is 0.467. The second-order valence-electron chi connectivity index (χ2n) is 6.51. The first kappa shape index (κ1) is 28.3. The van der Waals surface area contributed by atoms with Crippen LogP contribution in [0.3, 0.4) is 0 Å². The summed E-state index contributed by atoms with van der Waals surface area (Å²) < 4.78 is 48.2. The number of benzene rings is 1. The lowest BCUT2D eigenvalue weighted by molar-refractivity contribution is 0.0524. The highest BCUT2D eigenvalue weighted by atomic mass is 32.3. The molecule has 0 aliphatic heterocycles. The highest BCUT2D eigenvalue weighted by molar-refractivity contribution is 8.12. The Balaban J connectivity index is 3.00. The number of nitriles is 2. The van der Waals surface area contributed by atoms with Crippen molar-refractivity contribution in [2.24, 2.45) is 0 Å². The number of hydrogen-bond acceptors (Lipinski definition) is 9. The Kier molecular flexibility index (Phi) is 14.2. The molecule has 0 aliphatic rings. The van der Waals surface area contributed by atoms with Crippen LogP contribution in [0, 0.1) is 22.7 Å². The molecule has 0 radical (unpaired) electrons. The van der Waals surface area contributed by atoms with Gasteiger partial charge in [0.25, 0.3) is 0 Å². The first-order valence-electron chi connectivity index (χ1n) is 10.2. The van der Waals surface area contributed by atoms with Gasteiger partial charge in [-0.25, -0.2) is 8.42 Å². The third-order valence-electron chi connectivity index (χ3n) is 4.38. The number of thioether (sulfide) groups is 1. The van der Waals surface area contributed by atoms with Gasteiger partial charge in [-0.15, -0.1) is 11.8 Å². The van der Waals surface area contributed by atoms with Gasteiger partial charge in [0.15, 0.2) is 0 Å². The minimum absolute atomic E-state index is 0.167. The van der Waals surface area contributed by atoms with Gasteiger partial charge in [-0.2, -0.15) is 14.8 Å². The van der Waals surface area contributed by atoms with E-state index < -0.39 is 14.6 Å². The predicted octanol–water partition coefficient (Wildman–Crippen LogP) is 2.22. The monoisotopic (exact) mass is 485 g/mol. The third-order valence-corrected chi connectivity index (χ3v) is 8.67. The minimum atomic E-state index is -3.76. The maximum absolute atomic E-state index is 13.5. The van der Waals surface area contributed by atoms with Gasteiger partial charge >= 0.3 is 0 Å². The van der Waals surface area contributed by atoms with Gasteiger partial charge in [-0.3, -0.25) is 0 Å². The Bertz CT molecular complexity index is 853. The Morgan fingerprint density at radius 2 is 1.56 bits per heavy atom. The molecule has 11 heteroatoms. The molecule has 0 fully saturated rings. The van der Waals surface area contributed by atoms with Crippen molar-refractivity contribution in [2.45, 2.75) is 22.8 Å². The van der Waals surface area contributed by atoms with Gasteiger partial charge in [-0.05, 0) is 18.6 Å². The van der Waals surface area contributed by atoms with Gasteiger partial charge in [0.05, 0.1) is 50.8 Å². The van der Waals surface area contributed by atoms with Crippen LogP contribution in [-0.4, -0.2) is 84.3 Å². The molecular weight excluding hydrogens is 454 g/mol. The first-order valence-corrected chi connectivity index (χ1v) is 12.6. The largest absolute Gasteiger partial charge is 0.382 e. The lowest BCUT2D eigenvalue weighted by atomic mass is 10.1. The maximum atomic E-state index is 13.5. The molecule has 0 aromatic heterocycles. The van der Waals surface area contributed by atoms with Gasteiger partial charge in [-0.1, -0.05) is 13.0 Å². The highest BCUT2D eigenvalue weighted by Gasteiger charge is 2.32. The van der Waals surface area contributed by atoms with E-state index in [9.17, 15) is 18.9 Å². The normalized spacial score (nSPS) is 12.4. The number of methoxy groups -OCH3 is 2. The summed E-state index contributed by atoms with van der Waals surface area (Å²) in [5.74, 6) is 0. The molecular formula is C21H31N3O6S2. The molecule has 0 bridgehead atoms. The third kappa shape index (κ3) is 9.04. The predicted molar refractivity (Wildman–Crippen MR) is 122 cm³/mol. The summed E-state index contributed by atoms with van der Waals surface area (Å²) >= 11 is 1.07. The van der Waals surface area contributed by atoms with Crippen molar-refractivity contribution in [3.63, 3.8) is 0 Å². The van der Waals surface area contributed by atoms with Crippen LogP contribution in [0.4, 0.5) is 0 Å². The summed E-state index contributed by atoms with van der Waals surface area (Å²) in [6.07, 6.45) is 0.320. The zero-order chi connectivity index (χ0) is 23.8. The van der Waals surface area contributed by atoms with Crippen LogP contribution < -0.4 is 0 Å². The summed E-state index contributed by atoms with van der Waals surface area (Å²) in [5.41, 5.74) is 0.408. The van der Waals surface area contributed by atoms with Crippen LogP contribution in [0.2, 0.25) is 0 Å². The summed E-state index contributed by atoms with van der Waals surface area (Å²) in [5, 5.41) is 18.7. The van der Waals surface area contributed by atoms with Gasteiger partial charge in [0.2, 0.25) is 10.0 Å². The molecule has 0 saturated heterocycles. The van der Waals surface area contributed by atoms with E-state index in [0.29, 0.717) is 37.7 Å². The van der Waals surface area contributed by atoms with E-state index in [1.54, 1.807) is 39.3 Å². The van der Waals surface area contributed by atoms with Crippen LogP contribution in [0.5, 0.6) is 0 Å². The van der Waals surface area contributed by atoms with Crippen molar-refractivity contribution in [2.75, 3.05) is 67.0 Å². The molecule has 1 aromatic carbocycles. The minimum Gasteiger partial charge on any atom is -0.382 e. The SMILES string of the molecule is CCC(Sc1cccc(C#N)c1C#N)S(=O)(=O)N(CCOCCOC)CCOCCOC. The lowest BCUT2D eigenvalue weighted by Gasteiger charge is -2.27. The van der Waals surface area contributed by atoms with E-state index in [0.717, 1.165) is 11.8 Å². The summed E-state index contributed by atoms with van der Waals surface area (Å²) in [6, 6.07) is 8.84. The average Bonchev–Trinajstić information content (AvgIpc) is 2.80. The first-order chi connectivity index (χ1) is 15.5. The maximum Gasteiger partial charge on any atom is 0.226 e. The molecule has 1 atom stereocenters. The molecule has 1 aromatic rings. The van der Waals surface area contributed by atoms with Gasteiger partial charge in [0, 0.05) is 32.2 Å². The van der Waals surface area contributed by atoms with Gasteiger partial charge < -0.3 is 18.9 Å². The van der Waals surface area contributed by atoms with E-state index in [1.807, 2.05) is 12.1 Å². The fourth-order valence-corrected chi connectivity index (χ4v) is 6.14. The fourth-order valence-electron chi connectivity index (χ4n) is 2.69. The smallest absolute Gasteiger partial charge is 0.226 e. The molecule has 0 amide bonds. The highest BCUT2D eigenvalue weighted by Crippen LogP contribution is 2.34. The quantitative estimate of drug-likeness (QED) is 0.241. The van der Waals surface area contributed by atoms with E-state index >= 15 is 0 Å². The topological polar surface area (TPSA) is 122 Å². The Morgan fingerprint density at radius 3 is 2.03 bits per heavy atom. The Labute approximate surface area is 195 Å². The van der Waals surface area contributed by atoms with Crippen LogP contribution in [0.25, 0.3) is 0 Å². The molecule has 1 unspecified atom stereocenters. The van der Waals surface area contributed by atoms with Crippen molar-refractivity contribution < 1.29 is 27.4 Å². The second kappa shape index (κ2) is 16.0. The average molecular weight is 486 g/mol. The summed E-state index contributed by atoms with van der Waals surface area (Å²) in [6.45, 7) is 4.13. The standard InChI is InChI=1S/C21H31N3O6S2/c1-4-21(31-20-7-5-6-18(16-22)19(20)17-23)32(25,26)24(8-10-29-14-12-27-2)9-11-30-15-13-28-3/h5-7,21H,4,8-15H2,1-3H3. The molecule has 0 saturated carbocycles. The number of sulfonamides is 1. The number of nitrogens with zero attached hydrogens (tertiary/aromatic N) is 3. The number of ether oxygens (including phenoxy) is 4. The van der Waals surface area contributed by atoms with Crippen molar-refractivity contribution in [1.82, 2.24) is 4.31 Å². The number of hydrogen-bond donors (Lipinski definition) is 0. The molecule has 0 spiro atoms. The Hall–Kier alpha value is -1.70. The van der Waals surface area contributed by atoms with E-state index in [-0.39, 0.29) is 37.4 Å². The van der Waals surface area contributed by atoms with Crippen molar-refractivity contribution >= 4 is 21.8 Å². The van der Waals surface area contributed by atoms with Crippen LogP contribution in [0.15, 0.2) is 23.1 Å². The molecule has 0 N–H and O–H groups in total. The molecule has 178 valence electrons. The van der Waals surface area contributed by atoms with E-state index in [1.165, 1.54) is 4.31 Å². The fraction of sp³-hybridized carbons (Fsp3) is 0.619. The lowest BCUT2D eigenvalue weighted by Crippen LogP contribution is -2.41. The molecule has 9 nitrogen and oxygen atoms in total. The van der Waals surface area contributed by atoms with Crippen LogP contribution >= 0.6 is 11.8 Å². The zero-order valence-corrected chi connectivity index (χ0v) is 20.4.